The van der Waals surface area contributed by atoms with Crippen molar-refractivity contribution in [1.29, 1.82) is 0 Å². The van der Waals surface area contributed by atoms with Gasteiger partial charge in [0.2, 0.25) is 0 Å². The Morgan fingerprint density at radius 2 is 1.76 bits per heavy atom. The molecule has 9 nitrogen and oxygen atoms in total. The van der Waals surface area contributed by atoms with Crippen molar-refractivity contribution < 1.29 is 36.6 Å². The van der Waals surface area contributed by atoms with Crippen molar-refractivity contribution in [3.8, 4) is 16.9 Å². The zero-order chi connectivity index (χ0) is 27.1. The highest BCUT2D eigenvalue weighted by atomic mass is 32.2. The summed E-state index contributed by atoms with van der Waals surface area (Å²) in [5, 5.41) is 2.60. The molecule has 0 aliphatic carbocycles. The summed E-state index contributed by atoms with van der Waals surface area (Å²) < 4.78 is 48.0. The first-order valence-corrected chi connectivity index (χ1v) is 13.4. The van der Waals surface area contributed by atoms with Gasteiger partial charge in [0.1, 0.15) is 23.5 Å². The number of furan rings is 1. The van der Waals surface area contributed by atoms with E-state index >= 15 is 0 Å². The molecule has 0 aliphatic rings. The smallest absolute Gasteiger partial charge is 0.407 e. The van der Waals surface area contributed by atoms with Crippen molar-refractivity contribution in [2.24, 2.45) is 0 Å². The van der Waals surface area contributed by atoms with Crippen molar-refractivity contribution in [2.45, 2.75) is 43.9 Å². The molecule has 0 radical (unpaired) electrons. The Hall–Kier alpha value is -3.79. The number of ether oxygens (including phenoxy) is 3. The molecule has 10 heteroatoms. The number of nitrogens with one attached hydrogen (secondary N) is 1. The lowest BCUT2D eigenvalue weighted by Crippen LogP contribution is -2.34. The van der Waals surface area contributed by atoms with E-state index in [4.69, 9.17) is 18.6 Å². The summed E-state index contributed by atoms with van der Waals surface area (Å²) in [7, 11) is -3.78. The van der Waals surface area contributed by atoms with Crippen LogP contribution in [0.1, 0.15) is 43.6 Å². The Morgan fingerprint density at radius 1 is 1.03 bits per heavy atom. The van der Waals surface area contributed by atoms with Crippen LogP contribution in [0.4, 0.5) is 4.79 Å². The van der Waals surface area contributed by atoms with Crippen molar-refractivity contribution in [3.63, 3.8) is 0 Å². The number of sulfone groups is 1. The van der Waals surface area contributed by atoms with E-state index < -0.39 is 33.3 Å². The topological polar surface area (TPSA) is 121 Å². The van der Waals surface area contributed by atoms with Gasteiger partial charge in [-0.25, -0.2) is 18.0 Å². The van der Waals surface area contributed by atoms with E-state index in [1.165, 1.54) is 24.7 Å². The SMILES string of the molecule is CCOC(=O)c1c(CS(=O)(=O)c2ccccc2)ccc(-c2ccoc2)c1OCCNC(=O)OC(C)(C)C. The number of carbonyl (C=O) groups is 2. The number of hydrogen-bond donors (Lipinski definition) is 1. The van der Waals surface area contributed by atoms with E-state index in [2.05, 4.69) is 5.32 Å². The molecule has 0 unspecified atom stereocenters. The van der Waals surface area contributed by atoms with Crippen LogP contribution in [-0.4, -0.2) is 45.8 Å². The number of hydrogen-bond acceptors (Lipinski definition) is 8. The fraction of sp³-hybridized carbons (Fsp3) is 0.333. The highest BCUT2D eigenvalue weighted by Gasteiger charge is 2.27. The van der Waals surface area contributed by atoms with Gasteiger partial charge in [0.15, 0.2) is 9.84 Å². The highest BCUT2D eigenvalue weighted by molar-refractivity contribution is 7.90. The largest absolute Gasteiger partial charge is 0.490 e. The molecule has 0 aliphatic heterocycles. The second-order valence-electron chi connectivity index (χ2n) is 9.06. The van der Waals surface area contributed by atoms with E-state index in [0.29, 0.717) is 11.1 Å². The molecule has 2 aromatic carbocycles. The molecule has 1 aromatic heterocycles. The van der Waals surface area contributed by atoms with Gasteiger partial charge in [-0.3, -0.25) is 0 Å². The normalized spacial score (nSPS) is 11.6. The van der Waals surface area contributed by atoms with Crippen molar-refractivity contribution >= 4 is 21.9 Å². The molecular weight excluding hydrogens is 498 g/mol. The Kier molecular flexibility index (Phi) is 8.99. The number of esters is 1. The van der Waals surface area contributed by atoms with E-state index in [1.807, 2.05) is 0 Å². The summed E-state index contributed by atoms with van der Waals surface area (Å²) in [6, 6.07) is 12.9. The first kappa shape index (κ1) is 27.8. The molecule has 3 rings (SSSR count). The van der Waals surface area contributed by atoms with Gasteiger partial charge >= 0.3 is 12.1 Å². The lowest BCUT2D eigenvalue weighted by atomic mass is 9.99. The molecule has 0 atom stereocenters. The summed E-state index contributed by atoms with van der Waals surface area (Å²) in [4.78, 5) is 25.2. The van der Waals surface area contributed by atoms with Gasteiger partial charge in [0.25, 0.3) is 0 Å². The number of carbonyl (C=O) groups excluding carboxylic acids is 2. The highest BCUT2D eigenvalue weighted by Crippen LogP contribution is 2.37. The molecule has 1 amide bonds. The van der Waals surface area contributed by atoms with Crippen LogP contribution in [0.5, 0.6) is 5.75 Å². The average Bonchev–Trinajstić information content (AvgIpc) is 3.36. The molecule has 3 aromatic rings. The molecule has 0 saturated carbocycles. The van der Waals surface area contributed by atoms with Crippen LogP contribution in [0, 0.1) is 0 Å². The molecule has 0 bridgehead atoms. The third-order valence-corrected chi connectivity index (χ3v) is 6.70. The fourth-order valence-corrected chi connectivity index (χ4v) is 4.89. The van der Waals surface area contributed by atoms with E-state index in [1.54, 1.807) is 64.1 Å². The third-order valence-electron chi connectivity index (χ3n) is 5.02. The molecule has 1 N–H and O–H groups in total. The maximum Gasteiger partial charge on any atom is 0.407 e. The van der Waals surface area contributed by atoms with Gasteiger partial charge in [-0.05, 0) is 51.5 Å². The van der Waals surface area contributed by atoms with Gasteiger partial charge in [-0.2, -0.15) is 0 Å². The number of benzene rings is 2. The summed E-state index contributed by atoms with van der Waals surface area (Å²) in [6.07, 6.45) is 2.34. The maximum absolute atomic E-state index is 13.1. The quantitative estimate of drug-likeness (QED) is 0.288. The standard InChI is InChI=1S/C27H31NO8S/c1-5-34-25(29)23-20(18-37(31,32)21-9-7-6-8-10-21)11-12-22(19-13-15-33-17-19)24(23)35-16-14-28-26(30)36-27(2,3)4/h6-13,15,17H,5,14,16,18H2,1-4H3,(H,28,30). The van der Waals surface area contributed by atoms with Crippen molar-refractivity contribution in [1.82, 2.24) is 5.32 Å². The van der Waals surface area contributed by atoms with Crippen molar-refractivity contribution in [2.75, 3.05) is 19.8 Å². The van der Waals surface area contributed by atoms with Crippen LogP contribution >= 0.6 is 0 Å². The first-order valence-electron chi connectivity index (χ1n) is 11.7. The Labute approximate surface area is 216 Å². The van der Waals surface area contributed by atoms with Crippen LogP contribution in [0.15, 0.2) is 70.4 Å². The summed E-state index contributed by atoms with van der Waals surface area (Å²) >= 11 is 0. The van der Waals surface area contributed by atoms with E-state index in [9.17, 15) is 18.0 Å². The lowest BCUT2D eigenvalue weighted by Gasteiger charge is -2.20. The maximum atomic E-state index is 13.1. The van der Waals surface area contributed by atoms with Gasteiger partial charge in [0, 0.05) is 11.1 Å². The van der Waals surface area contributed by atoms with Gasteiger partial charge in [0.05, 0.1) is 36.3 Å². The molecule has 0 fully saturated rings. The molecule has 1 heterocycles. The van der Waals surface area contributed by atoms with Gasteiger partial charge in [-0.1, -0.05) is 30.3 Å². The van der Waals surface area contributed by atoms with Gasteiger partial charge in [-0.15, -0.1) is 0 Å². The predicted octanol–water partition coefficient (Wildman–Crippen LogP) is 5.00. The van der Waals surface area contributed by atoms with E-state index in [-0.39, 0.29) is 41.5 Å². The number of amides is 1. The second-order valence-corrected chi connectivity index (χ2v) is 11.0. The van der Waals surface area contributed by atoms with Crippen LogP contribution in [0.25, 0.3) is 11.1 Å². The zero-order valence-corrected chi connectivity index (χ0v) is 22.1. The lowest BCUT2D eigenvalue weighted by molar-refractivity contribution is 0.0501. The molecule has 0 saturated heterocycles. The predicted molar refractivity (Wildman–Crippen MR) is 137 cm³/mol. The van der Waals surface area contributed by atoms with Gasteiger partial charge < -0.3 is 23.9 Å². The van der Waals surface area contributed by atoms with Crippen LogP contribution in [-0.2, 0) is 25.1 Å². The molecule has 0 spiro atoms. The minimum atomic E-state index is -3.78. The van der Waals surface area contributed by atoms with Crippen LogP contribution in [0.2, 0.25) is 0 Å². The first-order chi connectivity index (χ1) is 17.5. The summed E-state index contributed by atoms with van der Waals surface area (Å²) in [6.45, 7) is 7.05. The molecular formula is C27H31NO8S. The van der Waals surface area contributed by atoms with Crippen LogP contribution < -0.4 is 10.1 Å². The Bertz CT molecular complexity index is 1310. The minimum Gasteiger partial charge on any atom is -0.490 e. The zero-order valence-electron chi connectivity index (χ0n) is 21.3. The fourth-order valence-electron chi connectivity index (χ4n) is 3.50. The number of alkyl carbamates (subject to hydrolysis) is 1. The Morgan fingerprint density at radius 3 is 2.38 bits per heavy atom. The summed E-state index contributed by atoms with van der Waals surface area (Å²) in [5.41, 5.74) is 0.699. The van der Waals surface area contributed by atoms with Crippen LogP contribution in [0.3, 0.4) is 0 Å². The molecule has 198 valence electrons. The number of rotatable bonds is 10. The summed E-state index contributed by atoms with van der Waals surface area (Å²) in [5.74, 6) is -1.03. The Balaban J connectivity index is 1.98. The third kappa shape index (κ3) is 7.60. The molecule has 37 heavy (non-hydrogen) atoms. The van der Waals surface area contributed by atoms with Crippen molar-refractivity contribution in [3.05, 3.63) is 72.2 Å². The average molecular weight is 530 g/mol. The monoisotopic (exact) mass is 529 g/mol. The second kappa shape index (κ2) is 12.0. The minimum absolute atomic E-state index is 0.00248. The van der Waals surface area contributed by atoms with E-state index in [0.717, 1.165) is 0 Å².